The number of hydrogen-bond acceptors (Lipinski definition) is 4. The van der Waals surface area contributed by atoms with Crippen molar-refractivity contribution in [3.05, 3.63) is 0 Å². The molecule has 1 aliphatic carbocycles. The summed E-state index contributed by atoms with van der Waals surface area (Å²) >= 11 is 1.79. The highest BCUT2D eigenvalue weighted by Crippen LogP contribution is 2.29. The van der Waals surface area contributed by atoms with Crippen LogP contribution in [0.2, 0.25) is 0 Å². The number of nitrogens with zero attached hydrogens (tertiary/aromatic N) is 2. The number of hydrogen-bond donors (Lipinski definition) is 1. The van der Waals surface area contributed by atoms with Crippen LogP contribution in [-0.4, -0.2) is 66.5 Å². The van der Waals surface area contributed by atoms with Gasteiger partial charge in [0.2, 0.25) is 11.8 Å². The van der Waals surface area contributed by atoms with Gasteiger partial charge in [0.1, 0.15) is 0 Å². The van der Waals surface area contributed by atoms with Crippen LogP contribution in [-0.2, 0) is 9.59 Å². The summed E-state index contributed by atoms with van der Waals surface area (Å²) in [6.45, 7) is 1.90. The molecule has 1 heterocycles. The fraction of sp³-hybridized carbons (Fsp3) is 0.913. The van der Waals surface area contributed by atoms with Gasteiger partial charge in [-0.05, 0) is 45.2 Å². The summed E-state index contributed by atoms with van der Waals surface area (Å²) < 4.78 is 0. The summed E-state index contributed by atoms with van der Waals surface area (Å²) in [5.74, 6) is 2.95. The molecule has 2 rings (SSSR count). The number of rotatable bonds is 13. The summed E-state index contributed by atoms with van der Waals surface area (Å²) in [6.07, 6.45) is 14.8. The molecule has 2 fully saturated rings. The zero-order valence-corrected chi connectivity index (χ0v) is 19.6. The van der Waals surface area contributed by atoms with E-state index in [0.717, 1.165) is 43.5 Å². The zero-order chi connectivity index (χ0) is 20.9. The molecule has 1 N–H and O–H groups in total. The van der Waals surface area contributed by atoms with Crippen molar-refractivity contribution in [3.8, 4) is 0 Å². The van der Waals surface area contributed by atoms with Crippen molar-refractivity contribution in [2.45, 2.75) is 89.5 Å². The van der Waals surface area contributed by atoms with E-state index in [1.165, 1.54) is 57.8 Å². The summed E-state index contributed by atoms with van der Waals surface area (Å²) in [5, 5.41) is 3.17. The molecule has 5 nitrogen and oxygen atoms in total. The molecule has 2 amide bonds. The highest BCUT2D eigenvalue weighted by atomic mass is 32.2. The lowest BCUT2D eigenvalue weighted by molar-refractivity contribution is -0.135. The Kier molecular flexibility index (Phi) is 12.1. The molecule has 29 heavy (non-hydrogen) atoms. The molecule has 168 valence electrons. The van der Waals surface area contributed by atoms with Crippen molar-refractivity contribution in [2.24, 2.45) is 5.92 Å². The monoisotopic (exact) mass is 425 g/mol. The third-order valence-electron chi connectivity index (χ3n) is 6.54. The molecule has 0 bridgehead atoms. The third-order valence-corrected chi connectivity index (χ3v) is 7.62. The van der Waals surface area contributed by atoms with Crippen molar-refractivity contribution in [1.29, 1.82) is 0 Å². The average Bonchev–Trinajstić information content (AvgIpc) is 3.19. The van der Waals surface area contributed by atoms with E-state index in [1.54, 1.807) is 11.8 Å². The van der Waals surface area contributed by atoms with E-state index in [-0.39, 0.29) is 17.9 Å². The van der Waals surface area contributed by atoms with Gasteiger partial charge in [-0.2, -0.15) is 0 Å². The first-order valence-electron chi connectivity index (χ1n) is 11.9. The van der Waals surface area contributed by atoms with Gasteiger partial charge in [0, 0.05) is 32.2 Å². The van der Waals surface area contributed by atoms with Gasteiger partial charge < -0.3 is 15.1 Å². The predicted molar refractivity (Wildman–Crippen MR) is 123 cm³/mol. The third kappa shape index (κ3) is 9.29. The highest BCUT2D eigenvalue weighted by molar-refractivity contribution is 7.99. The lowest BCUT2D eigenvalue weighted by Crippen LogP contribution is -2.40. The summed E-state index contributed by atoms with van der Waals surface area (Å²) in [4.78, 5) is 29.2. The van der Waals surface area contributed by atoms with Crippen molar-refractivity contribution in [3.63, 3.8) is 0 Å². The van der Waals surface area contributed by atoms with E-state index >= 15 is 0 Å². The van der Waals surface area contributed by atoms with Crippen LogP contribution in [0.4, 0.5) is 0 Å². The minimum atomic E-state index is 0.0905. The Morgan fingerprint density at radius 3 is 2.59 bits per heavy atom. The quantitative estimate of drug-likeness (QED) is 0.448. The van der Waals surface area contributed by atoms with E-state index in [9.17, 15) is 9.59 Å². The van der Waals surface area contributed by atoms with Crippen LogP contribution in [0.1, 0.15) is 83.5 Å². The number of nitrogens with one attached hydrogen (secondary N) is 1. The maximum atomic E-state index is 12.7. The fourth-order valence-electron chi connectivity index (χ4n) is 4.58. The van der Waals surface area contributed by atoms with Crippen LogP contribution in [0, 0.1) is 5.92 Å². The molecule has 1 atom stereocenters. The first kappa shape index (κ1) is 24.5. The van der Waals surface area contributed by atoms with Crippen LogP contribution < -0.4 is 5.32 Å². The molecule has 6 heteroatoms. The van der Waals surface area contributed by atoms with Gasteiger partial charge in [-0.25, -0.2) is 0 Å². The molecule has 2 aliphatic rings. The number of amides is 2. The Hall–Kier alpha value is -0.750. The summed E-state index contributed by atoms with van der Waals surface area (Å²) in [6, 6.07) is 0.0905. The predicted octanol–water partition coefficient (Wildman–Crippen LogP) is 4.27. The smallest absolute Gasteiger partial charge is 0.224 e. The zero-order valence-electron chi connectivity index (χ0n) is 18.8. The molecule has 0 aromatic carbocycles. The van der Waals surface area contributed by atoms with Crippen LogP contribution in [0.25, 0.3) is 0 Å². The molecular formula is C23H43N3O2S. The number of thioether (sulfide) groups is 1. The standard InChI is InChI=1S/C23H43N3O2S/c1-24-15-8-3-4-9-16-25(2)23(28)17-21-18-29-19-26(21)22(27)14-10-13-20-11-6-5-7-12-20/h20-21,24H,3-19H2,1-2H3. The minimum Gasteiger partial charge on any atom is -0.346 e. The van der Waals surface area contributed by atoms with E-state index in [4.69, 9.17) is 0 Å². The number of unbranched alkanes of at least 4 members (excludes halogenated alkanes) is 3. The van der Waals surface area contributed by atoms with Crippen molar-refractivity contribution >= 4 is 23.6 Å². The summed E-state index contributed by atoms with van der Waals surface area (Å²) in [5.41, 5.74) is 0. The topological polar surface area (TPSA) is 52.7 Å². The fourth-order valence-corrected chi connectivity index (χ4v) is 5.80. The van der Waals surface area contributed by atoms with Crippen LogP contribution in [0.5, 0.6) is 0 Å². The molecule has 1 saturated carbocycles. The molecule has 1 unspecified atom stereocenters. The average molecular weight is 426 g/mol. The molecule has 1 saturated heterocycles. The number of carbonyl (C=O) groups is 2. The Balaban J connectivity index is 1.63. The lowest BCUT2D eigenvalue weighted by Gasteiger charge is -2.26. The Labute approximate surface area is 182 Å². The van der Waals surface area contributed by atoms with Crippen LogP contribution in [0.3, 0.4) is 0 Å². The maximum Gasteiger partial charge on any atom is 0.224 e. The largest absolute Gasteiger partial charge is 0.346 e. The Bertz CT molecular complexity index is 483. The van der Waals surface area contributed by atoms with Gasteiger partial charge in [-0.1, -0.05) is 44.9 Å². The van der Waals surface area contributed by atoms with Gasteiger partial charge >= 0.3 is 0 Å². The van der Waals surface area contributed by atoms with E-state index < -0.39 is 0 Å². The summed E-state index contributed by atoms with van der Waals surface area (Å²) in [7, 11) is 3.90. The SMILES string of the molecule is CNCCCCCCN(C)C(=O)CC1CSCN1C(=O)CCCC1CCCCC1. The van der Waals surface area contributed by atoms with E-state index in [1.807, 2.05) is 23.9 Å². The Morgan fingerprint density at radius 1 is 1.07 bits per heavy atom. The van der Waals surface area contributed by atoms with Crippen molar-refractivity contribution in [2.75, 3.05) is 38.8 Å². The van der Waals surface area contributed by atoms with E-state index in [2.05, 4.69) is 5.32 Å². The second-order valence-corrected chi connectivity index (χ2v) is 9.95. The number of carbonyl (C=O) groups excluding carboxylic acids is 2. The highest BCUT2D eigenvalue weighted by Gasteiger charge is 2.31. The van der Waals surface area contributed by atoms with Crippen molar-refractivity contribution in [1.82, 2.24) is 15.1 Å². The first-order valence-corrected chi connectivity index (χ1v) is 13.0. The van der Waals surface area contributed by atoms with Crippen LogP contribution in [0.15, 0.2) is 0 Å². The Morgan fingerprint density at radius 2 is 1.83 bits per heavy atom. The van der Waals surface area contributed by atoms with Crippen LogP contribution >= 0.6 is 11.8 Å². The molecular weight excluding hydrogens is 382 g/mol. The van der Waals surface area contributed by atoms with E-state index in [0.29, 0.717) is 12.8 Å². The van der Waals surface area contributed by atoms with Gasteiger partial charge in [0.15, 0.2) is 0 Å². The first-order chi connectivity index (χ1) is 14.1. The second-order valence-electron chi connectivity index (χ2n) is 8.95. The van der Waals surface area contributed by atoms with Crippen molar-refractivity contribution < 1.29 is 9.59 Å². The minimum absolute atomic E-state index is 0.0905. The van der Waals surface area contributed by atoms with Gasteiger partial charge in [-0.15, -0.1) is 11.8 Å². The molecule has 0 spiro atoms. The maximum absolute atomic E-state index is 12.7. The normalized spacial score (nSPS) is 20.2. The molecule has 1 aliphatic heterocycles. The molecule has 0 aromatic rings. The van der Waals surface area contributed by atoms with Gasteiger partial charge in [0.25, 0.3) is 0 Å². The second kappa shape index (κ2) is 14.3. The lowest BCUT2D eigenvalue weighted by atomic mass is 9.86. The van der Waals surface area contributed by atoms with Gasteiger partial charge in [0.05, 0.1) is 11.9 Å². The molecule has 0 radical (unpaired) electrons. The molecule has 0 aromatic heterocycles. The van der Waals surface area contributed by atoms with Gasteiger partial charge in [-0.3, -0.25) is 9.59 Å².